The summed E-state index contributed by atoms with van der Waals surface area (Å²) in [5, 5.41) is 9.21. The third-order valence-corrected chi connectivity index (χ3v) is 3.55. The van der Waals surface area contributed by atoms with E-state index in [1.165, 1.54) is 0 Å². The number of rotatable bonds is 3. The average molecular weight is 274 g/mol. The molecule has 2 heterocycles. The molecule has 0 aliphatic carbocycles. The van der Waals surface area contributed by atoms with Crippen LogP contribution in [0.25, 0.3) is 11.3 Å². The van der Waals surface area contributed by atoms with Gasteiger partial charge in [0.15, 0.2) is 11.1 Å². The summed E-state index contributed by atoms with van der Waals surface area (Å²) >= 11 is 1.57. The van der Waals surface area contributed by atoms with Crippen LogP contribution in [0, 0.1) is 0 Å². The van der Waals surface area contributed by atoms with Crippen molar-refractivity contribution in [2.24, 2.45) is 4.99 Å². The lowest BCUT2D eigenvalue weighted by atomic mass is 10.2. The predicted octanol–water partition coefficient (Wildman–Crippen LogP) is 2.19. The van der Waals surface area contributed by atoms with Crippen molar-refractivity contribution in [3.8, 4) is 17.0 Å². The van der Waals surface area contributed by atoms with Crippen molar-refractivity contribution >= 4 is 22.4 Å². The number of anilines is 1. The Morgan fingerprint density at radius 3 is 2.84 bits per heavy atom. The Labute approximate surface area is 115 Å². The van der Waals surface area contributed by atoms with Gasteiger partial charge in [-0.2, -0.15) is 0 Å². The predicted molar refractivity (Wildman–Crippen MR) is 78.0 cm³/mol. The van der Waals surface area contributed by atoms with Gasteiger partial charge in [-0.3, -0.25) is 4.99 Å². The molecule has 0 atom stereocenters. The maximum Gasteiger partial charge on any atom is 0.197 e. The second-order valence-electron chi connectivity index (χ2n) is 4.05. The van der Waals surface area contributed by atoms with Gasteiger partial charge in [-0.1, -0.05) is 0 Å². The molecule has 0 amide bonds. The molecule has 19 heavy (non-hydrogen) atoms. The van der Waals surface area contributed by atoms with Crippen molar-refractivity contribution in [2.75, 3.05) is 25.5 Å². The lowest BCUT2D eigenvalue weighted by molar-refractivity contribution is 0.415. The van der Waals surface area contributed by atoms with Gasteiger partial charge in [0, 0.05) is 17.5 Å². The number of nitrogens with zero attached hydrogens (tertiary/aromatic N) is 2. The largest absolute Gasteiger partial charge is 0.497 e. The van der Waals surface area contributed by atoms with E-state index in [1.807, 2.05) is 29.6 Å². The summed E-state index contributed by atoms with van der Waals surface area (Å²) in [6.07, 6.45) is 0. The molecular formula is C13H14N4OS. The first-order valence-corrected chi connectivity index (χ1v) is 6.88. The summed E-state index contributed by atoms with van der Waals surface area (Å²) in [5.41, 5.74) is 2.03. The minimum absolute atomic E-state index is 0.802. The molecule has 5 nitrogen and oxygen atoms in total. The molecule has 3 rings (SSSR count). The van der Waals surface area contributed by atoms with Gasteiger partial charge < -0.3 is 15.4 Å². The van der Waals surface area contributed by atoms with Crippen molar-refractivity contribution in [2.45, 2.75) is 0 Å². The van der Waals surface area contributed by atoms with E-state index in [-0.39, 0.29) is 0 Å². The van der Waals surface area contributed by atoms with Crippen LogP contribution in [-0.2, 0) is 0 Å². The first-order valence-electron chi connectivity index (χ1n) is 6.00. The molecule has 0 radical (unpaired) electrons. The highest BCUT2D eigenvalue weighted by Crippen LogP contribution is 2.26. The van der Waals surface area contributed by atoms with Crippen LogP contribution in [0.15, 0.2) is 34.6 Å². The van der Waals surface area contributed by atoms with Crippen LogP contribution in [0.5, 0.6) is 5.75 Å². The minimum Gasteiger partial charge on any atom is -0.497 e. The number of hydrogen-bond donors (Lipinski definition) is 2. The van der Waals surface area contributed by atoms with Crippen LogP contribution in [0.1, 0.15) is 0 Å². The molecule has 1 aromatic heterocycles. The molecule has 0 fully saturated rings. The Kier molecular flexibility index (Phi) is 3.33. The van der Waals surface area contributed by atoms with Gasteiger partial charge in [-0.25, -0.2) is 4.98 Å². The van der Waals surface area contributed by atoms with Crippen LogP contribution in [-0.4, -0.2) is 31.1 Å². The van der Waals surface area contributed by atoms with Gasteiger partial charge in [-0.15, -0.1) is 11.3 Å². The van der Waals surface area contributed by atoms with Crippen molar-refractivity contribution in [3.63, 3.8) is 0 Å². The first kappa shape index (κ1) is 12.0. The van der Waals surface area contributed by atoms with E-state index < -0.39 is 0 Å². The number of aliphatic imine (C=N–C) groups is 1. The van der Waals surface area contributed by atoms with Gasteiger partial charge in [-0.05, 0) is 24.3 Å². The lowest BCUT2D eigenvalue weighted by Gasteiger charge is -2.02. The van der Waals surface area contributed by atoms with E-state index in [9.17, 15) is 0 Å². The Bertz CT molecular complexity index is 591. The van der Waals surface area contributed by atoms with Gasteiger partial charge in [0.2, 0.25) is 0 Å². The van der Waals surface area contributed by atoms with E-state index >= 15 is 0 Å². The molecule has 0 unspecified atom stereocenters. The van der Waals surface area contributed by atoms with E-state index in [0.29, 0.717) is 0 Å². The Morgan fingerprint density at radius 2 is 2.16 bits per heavy atom. The lowest BCUT2D eigenvalue weighted by Crippen LogP contribution is -2.26. The summed E-state index contributed by atoms with van der Waals surface area (Å²) < 4.78 is 5.14. The van der Waals surface area contributed by atoms with Crippen LogP contribution in [0.3, 0.4) is 0 Å². The molecule has 1 aromatic carbocycles. The number of nitrogens with one attached hydrogen (secondary N) is 2. The topological polar surface area (TPSA) is 58.5 Å². The zero-order chi connectivity index (χ0) is 13.1. The molecule has 0 spiro atoms. The molecule has 6 heteroatoms. The number of guanidine groups is 1. The van der Waals surface area contributed by atoms with Crippen LogP contribution < -0.4 is 15.4 Å². The van der Waals surface area contributed by atoms with E-state index in [2.05, 4.69) is 20.6 Å². The maximum absolute atomic E-state index is 5.14. The van der Waals surface area contributed by atoms with Crippen molar-refractivity contribution in [1.29, 1.82) is 0 Å². The van der Waals surface area contributed by atoms with Crippen LogP contribution >= 0.6 is 11.3 Å². The fourth-order valence-corrected chi connectivity index (χ4v) is 2.53. The van der Waals surface area contributed by atoms with Crippen molar-refractivity contribution in [1.82, 2.24) is 10.3 Å². The third kappa shape index (κ3) is 2.68. The Balaban J connectivity index is 1.76. The molecule has 2 aromatic rings. The number of ether oxygens (including phenoxy) is 1. The van der Waals surface area contributed by atoms with Crippen LogP contribution in [0.4, 0.5) is 5.13 Å². The van der Waals surface area contributed by atoms with Crippen molar-refractivity contribution < 1.29 is 4.74 Å². The highest BCUT2D eigenvalue weighted by atomic mass is 32.1. The molecular weight excluding hydrogens is 260 g/mol. The van der Waals surface area contributed by atoms with E-state index in [1.54, 1.807) is 18.4 Å². The van der Waals surface area contributed by atoms with Crippen molar-refractivity contribution in [3.05, 3.63) is 29.6 Å². The molecule has 2 N–H and O–H groups in total. The first-order chi connectivity index (χ1) is 9.35. The molecule has 0 saturated heterocycles. The summed E-state index contributed by atoms with van der Waals surface area (Å²) in [6.45, 7) is 1.71. The molecule has 1 aliphatic heterocycles. The van der Waals surface area contributed by atoms with Gasteiger partial charge in [0.25, 0.3) is 0 Å². The second-order valence-corrected chi connectivity index (χ2v) is 4.91. The molecule has 0 bridgehead atoms. The zero-order valence-corrected chi connectivity index (χ0v) is 11.3. The quantitative estimate of drug-likeness (QED) is 0.900. The number of hydrogen-bond acceptors (Lipinski definition) is 6. The average Bonchev–Trinajstić information content (AvgIpc) is 3.11. The highest BCUT2D eigenvalue weighted by Gasteiger charge is 2.09. The molecule has 0 saturated carbocycles. The summed E-state index contributed by atoms with van der Waals surface area (Å²) in [4.78, 5) is 8.83. The fraction of sp³-hybridized carbons (Fsp3) is 0.231. The van der Waals surface area contributed by atoms with Gasteiger partial charge >= 0.3 is 0 Å². The monoisotopic (exact) mass is 274 g/mol. The Hall–Kier alpha value is -2.08. The van der Waals surface area contributed by atoms with Gasteiger partial charge in [0.05, 0.1) is 19.3 Å². The SMILES string of the molecule is COc1ccc(-c2csc(NC3=NCCN3)n2)cc1. The number of benzene rings is 1. The maximum atomic E-state index is 5.14. The van der Waals surface area contributed by atoms with Gasteiger partial charge in [0.1, 0.15) is 5.75 Å². The normalized spacial score (nSPS) is 13.8. The summed E-state index contributed by atoms with van der Waals surface area (Å²) in [7, 11) is 1.66. The van der Waals surface area contributed by atoms with E-state index in [0.717, 1.165) is 41.2 Å². The molecule has 1 aliphatic rings. The minimum atomic E-state index is 0.802. The zero-order valence-electron chi connectivity index (χ0n) is 10.5. The number of aromatic nitrogens is 1. The number of thiazole rings is 1. The summed E-state index contributed by atoms with van der Waals surface area (Å²) in [6, 6.07) is 7.88. The molecule has 98 valence electrons. The fourth-order valence-electron chi connectivity index (χ4n) is 1.81. The van der Waals surface area contributed by atoms with Crippen LogP contribution in [0.2, 0.25) is 0 Å². The second kappa shape index (κ2) is 5.27. The Morgan fingerprint density at radius 1 is 1.32 bits per heavy atom. The highest BCUT2D eigenvalue weighted by molar-refractivity contribution is 7.14. The third-order valence-electron chi connectivity index (χ3n) is 2.79. The standard InChI is InChI=1S/C13H14N4OS/c1-18-10-4-2-9(3-5-10)11-8-19-13(16-11)17-12-14-6-7-15-12/h2-5,8H,6-7H2,1H3,(H2,14,15,16,17). The number of methoxy groups -OCH3 is 1. The smallest absolute Gasteiger partial charge is 0.197 e. The summed E-state index contributed by atoms with van der Waals surface area (Å²) in [5.74, 6) is 1.65. The van der Waals surface area contributed by atoms with E-state index in [4.69, 9.17) is 4.74 Å².